The molecule has 0 aliphatic carbocycles. The highest BCUT2D eigenvalue weighted by Gasteiger charge is 2.13. The molecule has 1 atom stereocenters. The predicted octanol–water partition coefficient (Wildman–Crippen LogP) is 2.38. The normalized spacial score (nSPS) is 12.9. The summed E-state index contributed by atoms with van der Waals surface area (Å²) in [6, 6.07) is 5.13. The van der Waals surface area contributed by atoms with Crippen molar-refractivity contribution in [3.63, 3.8) is 0 Å². The third kappa shape index (κ3) is 2.58. The van der Waals surface area contributed by atoms with E-state index in [1.165, 1.54) is 0 Å². The van der Waals surface area contributed by atoms with E-state index in [2.05, 4.69) is 0 Å². The Bertz CT molecular complexity index is 271. The van der Waals surface area contributed by atoms with E-state index in [0.717, 1.165) is 0 Å². The van der Waals surface area contributed by atoms with Crippen LogP contribution in [-0.4, -0.2) is 11.7 Å². The Balaban J connectivity index is 2.98. The Hall–Kier alpha value is -0.280. The highest BCUT2D eigenvalue weighted by molar-refractivity contribution is 6.36. The topological polar surface area (TPSA) is 46.2 Å². The molecule has 0 aromatic heterocycles. The van der Waals surface area contributed by atoms with Crippen LogP contribution in [0.4, 0.5) is 0 Å². The van der Waals surface area contributed by atoms with E-state index in [-0.39, 0.29) is 0 Å². The van der Waals surface area contributed by atoms with E-state index >= 15 is 0 Å². The zero-order valence-corrected chi connectivity index (χ0v) is 8.52. The van der Waals surface area contributed by atoms with Crippen LogP contribution in [0.15, 0.2) is 18.2 Å². The molecule has 2 nitrogen and oxygen atoms in total. The molecule has 0 fully saturated rings. The van der Waals surface area contributed by atoms with Crippen molar-refractivity contribution in [3.05, 3.63) is 33.8 Å². The van der Waals surface area contributed by atoms with Gasteiger partial charge in [0.25, 0.3) is 0 Å². The number of aliphatic hydroxyl groups is 1. The van der Waals surface area contributed by atoms with Crippen molar-refractivity contribution in [2.24, 2.45) is 5.73 Å². The molecular formula is C9H11Cl2NO. The summed E-state index contributed by atoms with van der Waals surface area (Å²) in [4.78, 5) is 0. The summed E-state index contributed by atoms with van der Waals surface area (Å²) in [5, 5.41) is 10.6. The molecule has 0 aliphatic heterocycles. The maximum absolute atomic E-state index is 9.63. The lowest BCUT2D eigenvalue weighted by molar-refractivity contribution is 0.170. The lowest BCUT2D eigenvalue weighted by atomic mass is 10.1. The summed E-state index contributed by atoms with van der Waals surface area (Å²) in [5.41, 5.74) is 5.89. The first kappa shape index (κ1) is 10.8. The van der Waals surface area contributed by atoms with Gasteiger partial charge in [0.1, 0.15) is 0 Å². The maximum atomic E-state index is 9.63. The predicted molar refractivity (Wildman–Crippen MR) is 55.1 cm³/mol. The Kier molecular flexibility index (Phi) is 4.00. The molecule has 1 rings (SSSR count). The van der Waals surface area contributed by atoms with Gasteiger partial charge in [-0.15, -0.1) is 0 Å². The minimum Gasteiger partial charge on any atom is -0.388 e. The maximum Gasteiger partial charge on any atom is 0.0831 e. The minimum absolute atomic E-state index is 0.405. The third-order valence-electron chi connectivity index (χ3n) is 1.77. The minimum atomic E-state index is -0.675. The smallest absolute Gasteiger partial charge is 0.0831 e. The van der Waals surface area contributed by atoms with Crippen LogP contribution < -0.4 is 5.73 Å². The van der Waals surface area contributed by atoms with Gasteiger partial charge in [-0.2, -0.15) is 0 Å². The molecule has 0 heterocycles. The van der Waals surface area contributed by atoms with Gasteiger partial charge < -0.3 is 10.8 Å². The lowest BCUT2D eigenvalue weighted by Gasteiger charge is -2.12. The molecule has 0 radical (unpaired) electrons. The molecule has 72 valence electrons. The number of hydrogen-bond acceptors (Lipinski definition) is 2. The SMILES string of the molecule is NCC[C@H](O)c1c(Cl)cccc1Cl. The highest BCUT2D eigenvalue weighted by Crippen LogP contribution is 2.31. The number of hydrogen-bond donors (Lipinski definition) is 2. The number of benzene rings is 1. The molecule has 0 spiro atoms. The average Bonchev–Trinajstić information content (AvgIpc) is 2.04. The lowest BCUT2D eigenvalue weighted by Crippen LogP contribution is -2.07. The van der Waals surface area contributed by atoms with E-state index in [4.69, 9.17) is 28.9 Å². The zero-order chi connectivity index (χ0) is 9.84. The van der Waals surface area contributed by atoms with Crippen LogP contribution >= 0.6 is 23.2 Å². The molecule has 0 saturated heterocycles. The van der Waals surface area contributed by atoms with E-state index in [9.17, 15) is 5.11 Å². The van der Waals surface area contributed by atoms with Crippen LogP contribution in [0.5, 0.6) is 0 Å². The summed E-state index contributed by atoms with van der Waals surface area (Å²) in [5.74, 6) is 0. The van der Waals surface area contributed by atoms with Crippen molar-refractivity contribution in [1.29, 1.82) is 0 Å². The standard InChI is InChI=1S/C9H11Cl2NO/c10-6-2-1-3-7(11)9(6)8(13)4-5-12/h1-3,8,13H,4-5,12H2/t8-/m0/s1. The van der Waals surface area contributed by atoms with Crippen LogP contribution in [0.2, 0.25) is 10.0 Å². The molecule has 0 bridgehead atoms. The van der Waals surface area contributed by atoms with Gasteiger partial charge in [-0.1, -0.05) is 29.3 Å². The van der Waals surface area contributed by atoms with Crippen molar-refractivity contribution < 1.29 is 5.11 Å². The van der Waals surface area contributed by atoms with Gasteiger partial charge in [0, 0.05) is 15.6 Å². The fraction of sp³-hybridized carbons (Fsp3) is 0.333. The molecule has 13 heavy (non-hydrogen) atoms. The Morgan fingerprint density at radius 1 is 1.31 bits per heavy atom. The first-order chi connectivity index (χ1) is 6.16. The quantitative estimate of drug-likeness (QED) is 0.821. The van der Waals surface area contributed by atoms with E-state index in [1.54, 1.807) is 18.2 Å². The van der Waals surface area contributed by atoms with Crippen molar-refractivity contribution in [3.8, 4) is 0 Å². The Labute approximate surface area is 87.3 Å². The van der Waals surface area contributed by atoms with E-state index in [0.29, 0.717) is 28.6 Å². The Morgan fingerprint density at radius 2 is 1.85 bits per heavy atom. The number of halogens is 2. The van der Waals surface area contributed by atoms with Crippen LogP contribution in [0.3, 0.4) is 0 Å². The number of aliphatic hydroxyl groups excluding tert-OH is 1. The van der Waals surface area contributed by atoms with E-state index < -0.39 is 6.10 Å². The van der Waals surface area contributed by atoms with Gasteiger partial charge in [0.15, 0.2) is 0 Å². The third-order valence-corrected chi connectivity index (χ3v) is 2.43. The number of nitrogens with two attached hydrogens (primary N) is 1. The van der Waals surface area contributed by atoms with Crippen LogP contribution in [0, 0.1) is 0 Å². The van der Waals surface area contributed by atoms with Gasteiger partial charge in [-0.25, -0.2) is 0 Å². The second kappa shape index (κ2) is 4.82. The van der Waals surface area contributed by atoms with Gasteiger partial charge in [0.05, 0.1) is 6.10 Å². The molecule has 0 amide bonds. The van der Waals surface area contributed by atoms with Crippen LogP contribution in [0.1, 0.15) is 18.1 Å². The van der Waals surface area contributed by atoms with E-state index in [1.807, 2.05) is 0 Å². The number of rotatable bonds is 3. The molecule has 4 heteroatoms. The van der Waals surface area contributed by atoms with Gasteiger partial charge >= 0.3 is 0 Å². The molecule has 0 unspecified atom stereocenters. The molecule has 0 saturated carbocycles. The van der Waals surface area contributed by atoms with Gasteiger partial charge in [0.2, 0.25) is 0 Å². The molecule has 1 aromatic carbocycles. The average molecular weight is 220 g/mol. The molecule has 0 aliphatic rings. The molecule has 1 aromatic rings. The van der Waals surface area contributed by atoms with Crippen molar-refractivity contribution >= 4 is 23.2 Å². The molecular weight excluding hydrogens is 209 g/mol. The summed E-state index contributed by atoms with van der Waals surface area (Å²) >= 11 is 11.7. The zero-order valence-electron chi connectivity index (χ0n) is 7.00. The monoisotopic (exact) mass is 219 g/mol. The summed E-state index contributed by atoms with van der Waals surface area (Å²) in [6.07, 6.45) is -0.213. The first-order valence-electron chi connectivity index (χ1n) is 3.99. The fourth-order valence-electron chi connectivity index (χ4n) is 1.13. The summed E-state index contributed by atoms with van der Waals surface area (Å²) in [7, 11) is 0. The van der Waals surface area contributed by atoms with Gasteiger partial charge in [-0.05, 0) is 25.1 Å². The van der Waals surface area contributed by atoms with Crippen molar-refractivity contribution in [2.45, 2.75) is 12.5 Å². The second-order valence-electron chi connectivity index (χ2n) is 2.73. The van der Waals surface area contributed by atoms with Gasteiger partial charge in [-0.3, -0.25) is 0 Å². The van der Waals surface area contributed by atoms with Crippen molar-refractivity contribution in [1.82, 2.24) is 0 Å². The Morgan fingerprint density at radius 3 is 2.31 bits per heavy atom. The first-order valence-corrected chi connectivity index (χ1v) is 4.74. The highest BCUT2D eigenvalue weighted by atomic mass is 35.5. The largest absolute Gasteiger partial charge is 0.388 e. The molecule has 3 N–H and O–H groups in total. The second-order valence-corrected chi connectivity index (χ2v) is 3.54. The van der Waals surface area contributed by atoms with Crippen LogP contribution in [-0.2, 0) is 0 Å². The summed E-state index contributed by atoms with van der Waals surface area (Å²) < 4.78 is 0. The summed E-state index contributed by atoms with van der Waals surface area (Å²) in [6.45, 7) is 0.405. The fourth-order valence-corrected chi connectivity index (χ4v) is 1.78. The van der Waals surface area contributed by atoms with Crippen molar-refractivity contribution in [2.75, 3.05) is 6.54 Å². The van der Waals surface area contributed by atoms with Crippen LogP contribution in [0.25, 0.3) is 0 Å².